The van der Waals surface area contributed by atoms with Crippen molar-refractivity contribution in [3.63, 3.8) is 0 Å². The van der Waals surface area contributed by atoms with Gasteiger partial charge in [0.15, 0.2) is 5.69 Å². The molecule has 0 saturated carbocycles. The summed E-state index contributed by atoms with van der Waals surface area (Å²) in [5, 5.41) is 10.7. The van der Waals surface area contributed by atoms with Crippen LogP contribution in [0.3, 0.4) is 0 Å². The highest BCUT2D eigenvalue weighted by molar-refractivity contribution is 5.93. The topological polar surface area (TPSA) is 72.7 Å². The zero-order valence-electron chi connectivity index (χ0n) is 12.4. The van der Waals surface area contributed by atoms with E-state index in [1.807, 2.05) is 6.07 Å². The molecule has 0 saturated heterocycles. The number of benzene rings is 1. The number of carbonyl (C=O) groups is 1. The van der Waals surface area contributed by atoms with Crippen molar-refractivity contribution in [2.24, 2.45) is 0 Å². The second kappa shape index (κ2) is 6.35. The van der Waals surface area contributed by atoms with Crippen LogP contribution in [0.2, 0.25) is 0 Å². The molecule has 1 N–H and O–H groups in total. The van der Waals surface area contributed by atoms with Crippen molar-refractivity contribution in [2.45, 2.75) is 13.5 Å². The minimum Gasteiger partial charge on any atom is -0.346 e. The normalized spacial score (nSPS) is 10.5. The van der Waals surface area contributed by atoms with Gasteiger partial charge in [0.2, 0.25) is 0 Å². The summed E-state index contributed by atoms with van der Waals surface area (Å²) < 4.78 is 14.5. The van der Waals surface area contributed by atoms with Gasteiger partial charge in [-0.25, -0.2) is 9.07 Å². The zero-order chi connectivity index (χ0) is 16.2. The first-order valence-corrected chi connectivity index (χ1v) is 7.00. The third-order valence-corrected chi connectivity index (χ3v) is 3.36. The first kappa shape index (κ1) is 14.8. The monoisotopic (exact) mass is 311 g/mol. The molecule has 2 aromatic heterocycles. The molecular formula is C16H14FN5O. The van der Waals surface area contributed by atoms with Gasteiger partial charge in [-0.1, -0.05) is 11.3 Å². The quantitative estimate of drug-likeness (QED) is 0.800. The van der Waals surface area contributed by atoms with E-state index in [4.69, 9.17) is 0 Å². The first-order valence-electron chi connectivity index (χ1n) is 7.00. The molecule has 0 spiro atoms. The van der Waals surface area contributed by atoms with Crippen LogP contribution in [0.15, 0.2) is 48.8 Å². The zero-order valence-corrected chi connectivity index (χ0v) is 12.4. The highest BCUT2D eigenvalue weighted by Crippen LogP contribution is 2.13. The molecule has 0 aliphatic heterocycles. The van der Waals surface area contributed by atoms with E-state index in [9.17, 15) is 9.18 Å². The summed E-state index contributed by atoms with van der Waals surface area (Å²) >= 11 is 0. The Balaban J connectivity index is 1.76. The molecule has 0 atom stereocenters. The Morgan fingerprint density at radius 2 is 2.04 bits per heavy atom. The number of hydrogen-bond acceptors (Lipinski definition) is 4. The summed E-state index contributed by atoms with van der Waals surface area (Å²) in [5.41, 5.74) is 2.35. The largest absolute Gasteiger partial charge is 0.346 e. The van der Waals surface area contributed by atoms with Crippen LogP contribution in [0.1, 0.15) is 21.7 Å². The van der Waals surface area contributed by atoms with E-state index in [0.29, 0.717) is 17.9 Å². The maximum absolute atomic E-state index is 13.0. The summed E-state index contributed by atoms with van der Waals surface area (Å²) in [6.07, 6.45) is 3.35. The molecule has 0 radical (unpaired) electrons. The maximum Gasteiger partial charge on any atom is 0.274 e. The molecule has 1 aromatic carbocycles. The summed E-state index contributed by atoms with van der Waals surface area (Å²) in [6.45, 7) is 2.10. The lowest BCUT2D eigenvalue weighted by Crippen LogP contribution is -2.24. The molecule has 0 aliphatic carbocycles. The Kier molecular flexibility index (Phi) is 4.09. The predicted octanol–water partition coefficient (Wildman–Crippen LogP) is 2.04. The van der Waals surface area contributed by atoms with Crippen molar-refractivity contribution in [2.75, 3.05) is 0 Å². The standard InChI is InChI=1S/C16H14FN5O/c1-11-15(16(23)19-10-12-3-2-8-18-9-12)20-21-22(11)14-6-4-13(17)5-7-14/h2-9H,10H2,1H3,(H,19,23). The van der Waals surface area contributed by atoms with Crippen molar-refractivity contribution in [3.8, 4) is 5.69 Å². The van der Waals surface area contributed by atoms with Crippen molar-refractivity contribution in [1.29, 1.82) is 0 Å². The van der Waals surface area contributed by atoms with Crippen LogP contribution >= 0.6 is 0 Å². The van der Waals surface area contributed by atoms with Crippen LogP contribution in [0.25, 0.3) is 5.69 Å². The van der Waals surface area contributed by atoms with Gasteiger partial charge >= 0.3 is 0 Å². The minimum atomic E-state index is -0.332. The maximum atomic E-state index is 13.0. The van der Waals surface area contributed by atoms with E-state index in [-0.39, 0.29) is 17.4 Å². The number of nitrogens with zero attached hydrogens (tertiary/aromatic N) is 4. The number of rotatable bonds is 4. The van der Waals surface area contributed by atoms with E-state index in [1.165, 1.54) is 16.8 Å². The molecule has 23 heavy (non-hydrogen) atoms. The summed E-state index contributed by atoms with van der Waals surface area (Å²) in [7, 11) is 0. The van der Waals surface area contributed by atoms with Crippen molar-refractivity contribution < 1.29 is 9.18 Å². The van der Waals surface area contributed by atoms with Gasteiger partial charge in [0, 0.05) is 18.9 Å². The van der Waals surface area contributed by atoms with E-state index >= 15 is 0 Å². The summed E-state index contributed by atoms with van der Waals surface area (Å²) in [4.78, 5) is 16.2. The second-order valence-electron chi connectivity index (χ2n) is 4.96. The van der Waals surface area contributed by atoms with Gasteiger partial charge in [0.25, 0.3) is 5.91 Å². The van der Waals surface area contributed by atoms with Crippen LogP contribution in [0.5, 0.6) is 0 Å². The number of aromatic nitrogens is 4. The lowest BCUT2D eigenvalue weighted by molar-refractivity contribution is 0.0945. The number of nitrogens with one attached hydrogen (secondary N) is 1. The van der Waals surface area contributed by atoms with Gasteiger partial charge in [-0.2, -0.15) is 0 Å². The number of halogens is 1. The molecule has 1 amide bonds. The van der Waals surface area contributed by atoms with Crippen LogP contribution in [-0.2, 0) is 6.54 Å². The Hall–Kier alpha value is -3.09. The third-order valence-electron chi connectivity index (χ3n) is 3.36. The predicted molar refractivity (Wildman–Crippen MR) is 81.5 cm³/mol. The van der Waals surface area contributed by atoms with E-state index in [0.717, 1.165) is 5.56 Å². The highest BCUT2D eigenvalue weighted by Gasteiger charge is 2.17. The fraction of sp³-hybridized carbons (Fsp3) is 0.125. The molecule has 0 fully saturated rings. The Bertz CT molecular complexity index is 814. The highest BCUT2D eigenvalue weighted by atomic mass is 19.1. The van der Waals surface area contributed by atoms with Crippen molar-refractivity contribution >= 4 is 5.91 Å². The van der Waals surface area contributed by atoms with E-state index in [1.54, 1.807) is 37.5 Å². The summed E-state index contributed by atoms with van der Waals surface area (Å²) in [5.74, 6) is -0.652. The minimum absolute atomic E-state index is 0.234. The molecule has 0 bridgehead atoms. The fourth-order valence-electron chi connectivity index (χ4n) is 2.14. The molecule has 3 rings (SSSR count). The number of hydrogen-bond donors (Lipinski definition) is 1. The summed E-state index contributed by atoms with van der Waals surface area (Å²) in [6, 6.07) is 9.49. The molecule has 3 aromatic rings. The number of carbonyl (C=O) groups excluding carboxylic acids is 1. The average molecular weight is 311 g/mol. The fourth-order valence-corrected chi connectivity index (χ4v) is 2.14. The average Bonchev–Trinajstić information content (AvgIpc) is 2.96. The number of pyridine rings is 1. The smallest absolute Gasteiger partial charge is 0.274 e. The molecule has 0 unspecified atom stereocenters. The molecule has 7 heteroatoms. The molecular weight excluding hydrogens is 297 g/mol. The first-order chi connectivity index (χ1) is 11.1. The Morgan fingerprint density at radius 3 is 2.74 bits per heavy atom. The molecule has 116 valence electrons. The lowest BCUT2D eigenvalue weighted by Gasteiger charge is -2.05. The van der Waals surface area contributed by atoms with Gasteiger partial charge in [-0.15, -0.1) is 5.10 Å². The van der Waals surface area contributed by atoms with Gasteiger partial charge < -0.3 is 5.32 Å². The van der Waals surface area contributed by atoms with Crippen molar-refractivity contribution in [1.82, 2.24) is 25.3 Å². The SMILES string of the molecule is Cc1c(C(=O)NCc2cccnc2)nnn1-c1ccc(F)cc1. The van der Waals surface area contributed by atoms with Crippen molar-refractivity contribution in [3.05, 3.63) is 71.6 Å². The molecule has 0 aliphatic rings. The molecule has 2 heterocycles. The molecule has 6 nitrogen and oxygen atoms in total. The van der Waals surface area contributed by atoms with Crippen LogP contribution in [-0.4, -0.2) is 25.9 Å². The third kappa shape index (κ3) is 3.23. The van der Waals surface area contributed by atoms with Gasteiger partial charge in [0.05, 0.1) is 11.4 Å². The van der Waals surface area contributed by atoms with E-state index < -0.39 is 0 Å². The van der Waals surface area contributed by atoms with E-state index in [2.05, 4.69) is 20.6 Å². The second-order valence-corrected chi connectivity index (χ2v) is 4.96. The van der Waals surface area contributed by atoms with Crippen LogP contribution < -0.4 is 5.32 Å². The lowest BCUT2D eigenvalue weighted by atomic mass is 10.2. The Labute approximate surface area is 132 Å². The Morgan fingerprint density at radius 1 is 1.26 bits per heavy atom. The van der Waals surface area contributed by atoms with Gasteiger partial charge in [-0.3, -0.25) is 9.78 Å². The number of amides is 1. The van der Waals surface area contributed by atoms with Crippen LogP contribution in [0.4, 0.5) is 4.39 Å². The van der Waals surface area contributed by atoms with Gasteiger partial charge in [0.1, 0.15) is 5.82 Å². The van der Waals surface area contributed by atoms with Gasteiger partial charge in [-0.05, 0) is 42.8 Å². The van der Waals surface area contributed by atoms with Crippen LogP contribution in [0, 0.1) is 12.7 Å².